The highest BCUT2D eigenvalue weighted by atomic mass is 31.0. The van der Waals surface area contributed by atoms with Crippen molar-refractivity contribution in [3.05, 3.63) is 82.9 Å². The number of benzene rings is 3. The fraction of sp³-hybridized carbons (Fsp3) is 0.100. The van der Waals surface area contributed by atoms with Crippen molar-refractivity contribution in [3.63, 3.8) is 0 Å². The van der Waals surface area contributed by atoms with Crippen molar-refractivity contribution in [1.82, 2.24) is 0 Å². The van der Waals surface area contributed by atoms with Gasteiger partial charge in [0.05, 0.1) is 5.69 Å². The van der Waals surface area contributed by atoms with Crippen LogP contribution in [-0.2, 0) is 12.8 Å². The molecule has 3 aromatic carbocycles. The summed E-state index contributed by atoms with van der Waals surface area (Å²) in [5.41, 5.74) is 10.8. The summed E-state index contributed by atoms with van der Waals surface area (Å²) in [4.78, 5) is 0. The maximum absolute atomic E-state index is 2.93. The van der Waals surface area contributed by atoms with Gasteiger partial charge >= 0.3 is 0 Å². The van der Waals surface area contributed by atoms with Gasteiger partial charge in [0, 0.05) is 35.5 Å². The van der Waals surface area contributed by atoms with Gasteiger partial charge in [-0.1, -0.05) is 42.5 Å². The van der Waals surface area contributed by atoms with Crippen molar-refractivity contribution in [2.75, 3.05) is 9.34 Å². The molecule has 24 heavy (non-hydrogen) atoms. The number of hydrogen-bond donors (Lipinski definition) is 0. The van der Waals surface area contributed by atoms with Crippen molar-refractivity contribution in [2.45, 2.75) is 12.8 Å². The van der Waals surface area contributed by atoms with Gasteiger partial charge in [-0.25, -0.2) is 0 Å². The van der Waals surface area contributed by atoms with Gasteiger partial charge in [0.2, 0.25) is 0 Å². The van der Waals surface area contributed by atoms with Crippen LogP contribution >= 0.6 is 18.8 Å². The Labute approximate surface area is 147 Å². The molecule has 0 spiro atoms. The molecule has 0 aromatic heterocycles. The van der Waals surface area contributed by atoms with E-state index < -0.39 is 0 Å². The zero-order valence-electron chi connectivity index (χ0n) is 13.2. The third-order valence-electron chi connectivity index (χ3n) is 5.09. The van der Waals surface area contributed by atoms with Crippen molar-refractivity contribution in [1.29, 1.82) is 0 Å². The van der Waals surface area contributed by atoms with E-state index in [4.69, 9.17) is 0 Å². The summed E-state index contributed by atoms with van der Waals surface area (Å²) in [6.45, 7) is 0. The second-order valence-corrected chi connectivity index (χ2v) is 7.45. The zero-order chi connectivity index (χ0) is 16.3. The Morgan fingerprint density at radius 1 is 0.583 bits per heavy atom. The van der Waals surface area contributed by atoms with Crippen LogP contribution in [0.3, 0.4) is 0 Å². The van der Waals surface area contributed by atoms with Gasteiger partial charge in [0.25, 0.3) is 0 Å². The number of fused-ring (bicyclic) bond motifs is 5. The summed E-state index contributed by atoms with van der Waals surface area (Å²) in [6, 6.07) is 21.9. The highest BCUT2D eigenvalue weighted by Gasteiger charge is 2.28. The number of para-hydroxylation sites is 2. The summed E-state index contributed by atoms with van der Waals surface area (Å²) >= 11 is 0. The summed E-state index contributed by atoms with van der Waals surface area (Å²) in [5, 5.41) is 0. The number of hydrogen-bond acceptors (Lipinski definition) is 2. The van der Waals surface area contributed by atoms with Crippen LogP contribution < -0.4 is 9.34 Å². The maximum atomic E-state index is 2.93. The van der Waals surface area contributed by atoms with E-state index in [0.717, 1.165) is 12.8 Å². The molecule has 2 unspecified atom stereocenters. The fourth-order valence-corrected chi connectivity index (χ4v) is 5.02. The Balaban J connectivity index is 1.72. The molecule has 0 saturated heterocycles. The molecule has 2 aliphatic rings. The lowest BCUT2D eigenvalue weighted by Gasteiger charge is -2.37. The molecule has 2 nitrogen and oxygen atoms in total. The number of rotatable bonds is 0. The Kier molecular flexibility index (Phi) is 3.20. The lowest BCUT2D eigenvalue weighted by Crippen LogP contribution is -2.20. The standard InChI is InChI=1S/C20H18N2P2/c23-21-17-7-3-2-6-14(17)12-16-19(21)10-9-15-11-13-5-1-4-8-18(13)22(24)20(15)16/h1-10H,11-12,23-24H2. The van der Waals surface area contributed by atoms with Gasteiger partial charge in [-0.3, -0.25) is 0 Å². The van der Waals surface area contributed by atoms with Crippen LogP contribution in [0.15, 0.2) is 60.7 Å². The highest BCUT2D eigenvalue weighted by molar-refractivity contribution is 7.20. The maximum Gasteiger partial charge on any atom is 0.0533 e. The molecule has 4 heteroatoms. The van der Waals surface area contributed by atoms with E-state index >= 15 is 0 Å². The average molecular weight is 348 g/mol. The van der Waals surface area contributed by atoms with Gasteiger partial charge in [-0.15, -0.1) is 0 Å². The van der Waals surface area contributed by atoms with Crippen molar-refractivity contribution >= 4 is 41.5 Å². The monoisotopic (exact) mass is 348 g/mol. The third-order valence-corrected chi connectivity index (χ3v) is 6.19. The van der Waals surface area contributed by atoms with Gasteiger partial charge in [0.1, 0.15) is 0 Å². The zero-order valence-corrected chi connectivity index (χ0v) is 15.5. The lowest BCUT2D eigenvalue weighted by molar-refractivity contribution is 1.06. The van der Waals surface area contributed by atoms with E-state index in [1.54, 1.807) is 0 Å². The van der Waals surface area contributed by atoms with Crippen LogP contribution in [0, 0.1) is 0 Å². The molecule has 0 aliphatic carbocycles. The molecule has 2 atom stereocenters. The molecule has 0 radical (unpaired) electrons. The molecule has 0 fully saturated rings. The van der Waals surface area contributed by atoms with Crippen LogP contribution in [0.25, 0.3) is 0 Å². The van der Waals surface area contributed by atoms with Crippen LogP contribution in [0.5, 0.6) is 0 Å². The third kappa shape index (κ3) is 1.97. The largest absolute Gasteiger partial charge is 0.325 e. The van der Waals surface area contributed by atoms with Crippen LogP contribution in [-0.4, -0.2) is 0 Å². The molecule has 0 amide bonds. The van der Waals surface area contributed by atoms with E-state index in [9.17, 15) is 0 Å². The number of nitrogens with zero attached hydrogens (tertiary/aromatic N) is 2. The Morgan fingerprint density at radius 3 is 1.96 bits per heavy atom. The first kappa shape index (κ1) is 14.5. The van der Waals surface area contributed by atoms with Gasteiger partial charge < -0.3 is 9.34 Å². The van der Waals surface area contributed by atoms with E-state index in [2.05, 4.69) is 88.8 Å². The predicted octanol–water partition coefficient (Wildman–Crippen LogP) is 5.35. The normalized spacial score (nSPS) is 14.6. The van der Waals surface area contributed by atoms with Crippen LogP contribution in [0.4, 0.5) is 22.7 Å². The van der Waals surface area contributed by atoms with E-state index in [1.165, 1.54) is 45.0 Å². The average Bonchev–Trinajstić information content (AvgIpc) is 2.62. The molecule has 3 aromatic rings. The first-order chi connectivity index (χ1) is 11.7. The minimum absolute atomic E-state index is 0.979. The molecular formula is C20H18N2P2. The summed E-state index contributed by atoms with van der Waals surface area (Å²) in [5.74, 6) is 0. The molecule has 0 saturated carbocycles. The SMILES string of the molecule is PN1c2ccccc2Cc2c1ccc1c2N(P)c2ccccc2C1. The Morgan fingerprint density at radius 2 is 1.21 bits per heavy atom. The summed E-state index contributed by atoms with van der Waals surface area (Å²) < 4.78 is 4.53. The van der Waals surface area contributed by atoms with E-state index in [0.29, 0.717) is 0 Å². The Bertz CT molecular complexity index is 968. The summed E-state index contributed by atoms with van der Waals surface area (Å²) in [7, 11) is 5.81. The molecule has 0 bridgehead atoms. The van der Waals surface area contributed by atoms with E-state index in [-0.39, 0.29) is 0 Å². The van der Waals surface area contributed by atoms with Crippen molar-refractivity contribution < 1.29 is 0 Å². The smallest absolute Gasteiger partial charge is 0.0533 e. The molecule has 2 heterocycles. The Hall–Kier alpha value is -1.88. The minimum atomic E-state index is 0.979. The lowest BCUT2D eigenvalue weighted by atomic mass is 9.89. The van der Waals surface area contributed by atoms with Gasteiger partial charge in [-0.2, -0.15) is 0 Å². The van der Waals surface area contributed by atoms with Gasteiger partial charge in [0.15, 0.2) is 0 Å². The number of anilines is 4. The van der Waals surface area contributed by atoms with Gasteiger partial charge in [-0.05, 0) is 53.7 Å². The quantitative estimate of drug-likeness (QED) is 0.505. The molecule has 0 N–H and O–H groups in total. The second-order valence-electron chi connectivity index (χ2n) is 6.42. The van der Waals surface area contributed by atoms with Crippen molar-refractivity contribution in [3.8, 4) is 0 Å². The van der Waals surface area contributed by atoms with Crippen LogP contribution in [0.2, 0.25) is 0 Å². The fourth-order valence-electron chi connectivity index (χ4n) is 3.95. The van der Waals surface area contributed by atoms with E-state index in [1.807, 2.05) is 0 Å². The first-order valence-electron chi connectivity index (χ1n) is 8.14. The minimum Gasteiger partial charge on any atom is -0.325 e. The topological polar surface area (TPSA) is 6.48 Å². The first-order valence-corrected chi connectivity index (χ1v) is 9.17. The predicted molar refractivity (Wildman–Crippen MR) is 109 cm³/mol. The molecular weight excluding hydrogens is 330 g/mol. The molecule has 2 aliphatic heterocycles. The van der Waals surface area contributed by atoms with Crippen molar-refractivity contribution in [2.24, 2.45) is 0 Å². The van der Waals surface area contributed by atoms with Crippen LogP contribution in [0.1, 0.15) is 22.3 Å². The summed E-state index contributed by atoms with van der Waals surface area (Å²) in [6.07, 6.45) is 1.98. The highest BCUT2D eigenvalue weighted by Crippen LogP contribution is 2.50. The molecule has 5 rings (SSSR count). The second kappa shape index (κ2) is 5.31. The molecule has 118 valence electrons.